The molecule has 0 atom stereocenters. The largest absolute Gasteiger partial charge is 0.360 e. The Kier molecular flexibility index (Phi) is 2.31. The van der Waals surface area contributed by atoms with Crippen LogP contribution in [0.15, 0.2) is 11.4 Å². The maximum atomic E-state index is 10.0. The van der Waals surface area contributed by atoms with Gasteiger partial charge in [0, 0.05) is 6.92 Å². The molecule has 0 saturated heterocycles. The molecule has 0 aliphatic heterocycles. The van der Waals surface area contributed by atoms with Gasteiger partial charge < -0.3 is 10.1 Å². The molecule has 0 unspecified atom stereocenters. The van der Waals surface area contributed by atoms with Crippen LogP contribution in [-0.4, -0.2) is 25.9 Å². The van der Waals surface area contributed by atoms with E-state index in [1.54, 1.807) is 0 Å². The zero-order chi connectivity index (χ0) is 8.97. The Morgan fingerprint density at radius 3 is 3.17 bits per heavy atom. The van der Waals surface area contributed by atoms with Crippen molar-refractivity contribution in [2.24, 2.45) is 5.10 Å². The van der Waals surface area contributed by atoms with Gasteiger partial charge in [0.15, 0.2) is 0 Å². The summed E-state index contributed by atoms with van der Waals surface area (Å²) in [5, 5.41) is 19.4. The Hall–Kier alpha value is -1.99. The molecule has 0 bridgehead atoms. The molecule has 0 aliphatic carbocycles. The Morgan fingerprint density at radius 1 is 1.92 bits per heavy atom. The summed E-state index contributed by atoms with van der Waals surface area (Å²) in [7, 11) is 0. The Balaban J connectivity index is 2.55. The van der Waals surface area contributed by atoms with E-state index < -0.39 is 4.92 Å². The molecule has 8 nitrogen and oxygen atoms in total. The summed E-state index contributed by atoms with van der Waals surface area (Å²) in [6.45, 7) is 1.27. The molecular weight excluding hydrogens is 164 g/mol. The number of hydrogen-bond donors (Lipinski definition) is 2. The quantitative estimate of drug-likeness (QED) is 0.277. The van der Waals surface area contributed by atoms with Gasteiger partial charge in [-0.3, -0.25) is 0 Å². The van der Waals surface area contributed by atoms with Crippen molar-refractivity contribution < 1.29 is 4.92 Å². The van der Waals surface area contributed by atoms with Crippen molar-refractivity contribution in [3.63, 3.8) is 0 Å². The number of H-pyrrole nitrogens is 1. The lowest BCUT2D eigenvalue weighted by Gasteiger charge is -1.89. The number of amidine groups is 1. The minimum atomic E-state index is -0.608. The number of aromatic amines is 1. The Morgan fingerprint density at radius 2 is 2.67 bits per heavy atom. The third-order valence-electron chi connectivity index (χ3n) is 1.00. The van der Waals surface area contributed by atoms with E-state index in [1.807, 2.05) is 0 Å². The Bertz CT molecular complexity index is 291. The van der Waals surface area contributed by atoms with Gasteiger partial charge >= 0.3 is 5.84 Å². The number of nitrogens with one attached hydrogen (secondary N) is 2. The van der Waals surface area contributed by atoms with Crippen LogP contribution in [0.1, 0.15) is 6.92 Å². The second kappa shape index (κ2) is 3.42. The van der Waals surface area contributed by atoms with Gasteiger partial charge in [0.2, 0.25) is 0 Å². The maximum absolute atomic E-state index is 10.0. The second-order valence-electron chi connectivity index (χ2n) is 1.86. The minimum absolute atomic E-state index is 0.244. The van der Waals surface area contributed by atoms with Gasteiger partial charge in [0.25, 0.3) is 5.95 Å². The predicted molar refractivity (Wildman–Crippen MR) is 40.1 cm³/mol. The van der Waals surface area contributed by atoms with Crippen LogP contribution in [0.3, 0.4) is 0 Å². The van der Waals surface area contributed by atoms with Gasteiger partial charge in [-0.1, -0.05) is 0 Å². The van der Waals surface area contributed by atoms with Crippen molar-refractivity contribution in [2.45, 2.75) is 6.92 Å². The molecule has 0 aliphatic rings. The monoisotopic (exact) mass is 170 g/mol. The topological polar surface area (TPSA) is 109 Å². The predicted octanol–water partition coefficient (Wildman–Crippen LogP) is -0.173. The van der Waals surface area contributed by atoms with Crippen LogP contribution in [0.2, 0.25) is 0 Å². The number of rotatable bonds is 2. The molecule has 0 spiro atoms. The normalized spacial score (nSPS) is 11.2. The van der Waals surface area contributed by atoms with Crippen LogP contribution in [0, 0.1) is 10.1 Å². The van der Waals surface area contributed by atoms with E-state index in [0.717, 1.165) is 0 Å². The molecule has 64 valence electrons. The maximum Gasteiger partial charge on any atom is 0.360 e. The van der Waals surface area contributed by atoms with Gasteiger partial charge in [-0.25, -0.2) is 5.10 Å². The average Bonchev–Trinajstić information content (AvgIpc) is 2.51. The lowest BCUT2D eigenvalue weighted by atomic mass is 10.7. The third-order valence-corrected chi connectivity index (χ3v) is 1.00. The van der Waals surface area contributed by atoms with Crippen molar-refractivity contribution in [1.82, 2.24) is 15.2 Å². The van der Waals surface area contributed by atoms with Crippen molar-refractivity contribution in [1.29, 1.82) is 0 Å². The molecule has 12 heavy (non-hydrogen) atoms. The summed E-state index contributed by atoms with van der Waals surface area (Å²) >= 11 is 0. The highest BCUT2D eigenvalue weighted by atomic mass is 16.6. The summed E-state index contributed by atoms with van der Waals surface area (Å²) in [6, 6.07) is 0. The molecule has 1 rings (SSSR count). The van der Waals surface area contributed by atoms with Gasteiger partial charge in [-0.05, 0) is 4.92 Å². The van der Waals surface area contributed by atoms with Crippen molar-refractivity contribution >= 4 is 11.8 Å². The highest BCUT2D eigenvalue weighted by molar-refractivity contribution is 5.71. The number of hydrazone groups is 1. The van der Waals surface area contributed by atoms with E-state index in [-0.39, 0.29) is 11.8 Å². The summed E-state index contributed by atoms with van der Waals surface area (Å²) in [5.41, 5.74) is 2.32. The van der Waals surface area contributed by atoms with Crippen molar-refractivity contribution in [3.05, 3.63) is 16.4 Å². The third kappa shape index (κ3) is 2.01. The van der Waals surface area contributed by atoms with Crippen LogP contribution < -0.4 is 5.43 Å². The minimum Gasteiger partial charge on any atom is -0.358 e. The molecular formula is C4H6N6O2. The van der Waals surface area contributed by atoms with E-state index in [9.17, 15) is 10.1 Å². The van der Waals surface area contributed by atoms with Crippen molar-refractivity contribution in [2.75, 3.05) is 5.43 Å². The standard InChI is InChI=1S/C4H6N6O2/c1-3(10(11)12)7-9-4-5-2-6-8-4/h2H,1H3,(H2,5,6,8,9)/b7-3-. The van der Waals surface area contributed by atoms with Crippen LogP contribution in [0.4, 0.5) is 5.95 Å². The molecule has 0 saturated carbocycles. The number of hydrogen-bond acceptors (Lipinski definition) is 6. The second-order valence-corrected chi connectivity index (χ2v) is 1.86. The van der Waals surface area contributed by atoms with E-state index in [1.165, 1.54) is 13.3 Å². The lowest BCUT2D eigenvalue weighted by Crippen LogP contribution is -2.09. The van der Waals surface area contributed by atoms with Crippen LogP contribution in [-0.2, 0) is 0 Å². The van der Waals surface area contributed by atoms with E-state index in [0.29, 0.717) is 0 Å². The molecule has 0 aromatic carbocycles. The number of aromatic nitrogens is 3. The van der Waals surface area contributed by atoms with Crippen LogP contribution >= 0.6 is 0 Å². The Labute approximate surface area is 66.8 Å². The summed E-state index contributed by atoms with van der Waals surface area (Å²) in [4.78, 5) is 13.1. The van der Waals surface area contributed by atoms with E-state index in [4.69, 9.17) is 0 Å². The molecule has 1 aromatic heterocycles. The molecule has 8 heteroatoms. The summed E-state index contributed by atoms with van der Waals surface area (Å²) < 4.78 is 0. The van der Waals surface area contributed by atoms with E-state index in [2.05, 4.69) is 25.7 Å². The van der Waals surface area contributed by atoms with Crippen LogP contribution in [0.5, 0.6) is 0 Å². The van der Waals surface area contributed by atoms with Gasteiger partial charge in [-0.2, -0.15) is 10.1 Å². The highest BCUT2D eigenvalue weighted by Gasteiger charge is 2.03. The fourth-order valence-corrected chi connectivity index (χ4v) is 0.434. The first kappa shape index (κ1) is 8.11. The average molecular weight is 170 g/mol. The number of anilines is 1. The molecule has 0 amide bonds. The van der Waals surface area contributed by atoms with Gasteiger partial charge in [0.1, 0.15) is 6.33 Å². The van der Waals surface area contributed by atoms with Gasteiger partial charge in [-0.15, -0.1) is 5.43 Å². The molecule has 0 radical (unpaired) electrons. The summed E-state index contributed by atoms with van der Waals surface area (Å²) in [5.74, 6) is 0.0163. The van der Waals surface area contributed by atoms with E-state index >= 15 is 0 Å². The zero-order valence-electron chi connectivity index (χ0n) is 6.18. The van der Waals surface area contributed by atoms with Crippen LogP contribution in [0.25, 0.3) is 0 Å². The van der Waals surface area contributed by atoms with Gasteiger partial charge in [0.05, 0.1) is 5.10 Å². The molecule has 1 heterocycles. The SMILES string of the molecule is C/C(=N/Nc1ncn[nH]1)[N+](=O)[O-]. The summed E-state index contributed by atoms with van der Waals surface area (Å²) in [6.07, 6.45) is 1.26. The first-order chi connectivity index (χ1) is 5.70. The van der Waals surface area contributed by atoms with Crippen molar-refractivity contribution in [3.8, 4) is 0 Å². The fraction of sp³-hybridized carbons (Fsp3) is 0.250. The highest BCUT2D eigenvalue weighted by Crippen LogP contribution is 1.91. The first-order valence-electron chi connectivity index (χ1n) is 3.00. The smallest absolute Gasteiger partial charge is 0.358 e. The number of nitro groups is 1. The lowest BCUT2D eigenvalue weighted by molar-refractivity contribution is -0.351. The number of nitrogens with zero attached hydrogens (tertiary/aromatic N) is 4. The molecule has 2 N–H and O–H groups in total. The fourth-order valence-electron chi connectivity index (χ4n) is 0.434. The first-order valence-corrected chi connectivity index (χ1v) is 3.00. The molecule has 1 aromatic rings. The molecule has 0 fully saturated rings. The zero-order valence-corrected chi connectivity index (χ0v) is 6.18.